The maximum absolute atomic E-state index is 12.2. The number of carbonyl (C=O) groups excluding carboxylic acids is 2. The van der Waals surface area contributed by atoms with Crippen LogP contribution in [0.15, 0.2) is 30.3 Å². The van der Waals surface area contributed by atoms with Crippen molar-refractivity contribution in [1.82, 2.24) is 15.1 Å². The molecule has 2 atom stereocenters. The van der Waals surface area contributed by atoms with E-state index in [1.807, 2.05) is 30.3 Å². The topological polar surface area (TPSA) is 90.0 Å². The van der Waals surface area contributed by atoms with Crippen molar-refractivity contribution in [2.75, 3.05) is 26.7 Å². The van der Waals surface area contributed by atoms with Crippen LogP contribution in [-0.2, 0) is 9.59 Å². The van der Waals surface area contributed by atoms with Crippen molar-refractivity contribution in [3.8, 4) is 0 Å². The van der Waals surface area contributed by atoms with Crippen LogP contribution in [0.2, 0.25) is 0 Å². The van der Waals surface area contributed by atoms with E-state index in [2.05, 4.69) is 5.32 Å². The molecule has 2 N–H and O–H groups in total. The van der Waals surface area contributed by atoms with Gasteiger partial charge < -0.3 is 20.2 Å². The van der Waals surface area contributed by atoms with Crippen molar-refractivity contribution in [2.45, 2.75) is 19.4 Å². The Kier molecular flexibility index (Phi) is 5.78. The Balaban J connectivity index is 1.87. The number of carboxylic acids is 1. The SMILES string of the molecule is CC(CN(C)C(=O)CN1CCC(c2ccccc2)NC1=O)C(=O)O. The Labute approximate surface area is 141 Å². The molecule has 1 saturated heterocycles. The van der Waals surface area contributed by atoms with Gasteiger partial charge in [-0.3, -0.25) is 9.59 Å². The van der Waals surface area contributed by atoms with Crippen LogP contribution in [0.3, 0.4) is 0 Å². The van der Waals surface area contributed by atoms with E-state index in [4.69, 9.17) is 5.11 Å². The Morgan fingerprint density at radius 1 is 1.38 bits per heavy atom. The number of likely N-dealkylation sites (N-methyl/N-ethyl adjacent to an activating group) is 1. The summed E-state index contributed by atoms with van der Waals surface area (Å²) in [6.45, 7) is 2.11. The number of benzene rings is 1. The number of aliphatic carboxylic acids is 1. The molecule has 130 valence electrons. The third kappa shape index (κ3) is 4.47. The highest BCUT2D eigenvalue weighted by atomic mass is 16.4. The molecular formula is C17H23N3O4. The van der Waals surface area contributed by atoms with Crippen LogP contribution in [0, 0.1) is 5.92 Å². The van der Waals surface area contributed by atoms with Crippen LogP contribution in [0.25, 0.3) is 0 Å². The molecular weight excluding hydrogens is 310 g/mol. The smallest absolute Gasteiger partial charge is 0.318 e. The second-order valence-electron chi connectivity index (χ2n) is 6.14. The van der Waals surface area contributed by atoms with E-state index in [-0.39, 0.29) is 31.1 Å². The van der Waals surface area contributed by atoms with E-state index < -0.39 is 11.9 Å². The zero-order valence-electron chi connectivity index (χ0n) is 13.9. The molecule has 7 nitrogen and oxygen atoms in total. The van der Waals surface area contributed by atoms with E-state index in [1.165, 1.54) is 9.80 Å². The largest absolute Gasteiger partial charge is 0.481 e. The van der Waals surface area contributed by atoms with Gasteiger partial charge in [-0.05, 0) is 12.0 Å². The van der Waals surface area contributed by atoms with Crippen molar-refractivity contribution in [3.63, 3.8) is 0 Å². The van der Waals surface area contributed by atoms with Gasteiger partial charge in [-0.2, -0.15) is 0 Å². The molecule has 24 heavy (non-hydrogen) atoms. The molecule has 0 aliphatic carbocycles. The predicted molar refractivity (Wildman–Crippen MR) is 88.3 cm³/mol. The van der Waals surface area contributed by atoms with Crippen LogP contribution in [0.1, 0.15) is 24.9 Å². The molecule has 0 bridgehead atoms. The molecule has 0 saturated carbocycles. The summed E-state index contributed by atoms with van der Waals surface area (Å²) in [5, 5.41) is 11.8. The van der Waals surface area contributed by atoms with Crippen LogP contribution < -0.4 is 5.32 Å². The molecule has 1 aliphatic rings. The zero-order valence-corrected chi connectivity index (χ0v) is 13.9. The molecule has 2 unspecified atom stereocenters. The summed E-state index contributed by atoms with van der Waals surface area (Å²) in [6, 6.07) is 9.39. The Morgan fingerprint density at radius 3 is 2.62 bits per heavy atom. The van der Waals surface area contributed by atoms with Crippen molar-refractivity contribution < 1.29 is 19.5 Å². The first kappa shape index (κ1) is 17.8. The molecule has 3 amide bonds. The average Bonchev–Trinajstić information content (AvgIpc) is 2.57. The lowest BCUT2D eigenvalue weighted by atomic mass is 10.0. The van der Waals surface area contributed by atoms with Gasteiger partial charge in [0.25, 0.3) is 0 Å². The fraction of sp³-hybridized carbons (Fsp3) is 0.471. The van der Waals surface area contributed by atoms with Gasteiger partial charge >= 0.3 is 12.0 Å². The zero-order chi connectivity index (χ0) is 17.7. The maximum atomic E-state index is 12.2. The van der Waals surface area contributed by atoms with E-state index >= 15 is 0 Å². The number of carboxylic acid groups (broad SMARTS) is 1. The molecule has 0 spiro atoms. The normalized spacial score (nSPS) is 18.7. The number of rotatable bonds is 6. The second-order valence-corrected chi connectivity index (χ2v) is 6.14. The van der Waals surface area contributed by atoms with Gasteiger partial charge in [0.15, 0.2) is 0 Å². The molecule has 1 aromatic carbocycles. The van der Waals surface area contributed by atoms with E-state index in [9.17, 15) is 14.4 Å². The van der Waals surface area contributed by atoms with Gasteiger partial charge in [-0.25, -0.2) is 4.79 Å². The number of hydrogen-bond donors (Lipinski definition) is 2. The lowest BCUT2D eigenvalue weighted by molar-refractivity contribution is -0.142. The fourth-order valence-electron chi connectivity index (χ4n) is 2.66. The van der Waals surface area contributed by atoms with Gasteiger partial charge in [0.2, 0.25) is 5.91 Å². The summed E-state index contributed by atoms with van der Waals surface area (Å²) in [4.78, 5) is 38.1. The summed E-state index contributed by atoms with van der Waals surface area (Å²) in [7, 11) is 1.55. The predicted octanol–water partition coefficient (Wildman–Crippen LogP) is 1.32. The summed E-state index contributed by atoms with van der Waals surface area (Å²) in [6.07, 6.45) is 0.721. The van der Waals surface area contributed by atoms with Crippen molar-refractivity contribution in [2.24, 2.45) is 5.92 Å². The van der Waals surface area contributed by atoms with Crippen molar-refractivity contribution in [3.05, 3.63) is 35.9 Å². The van der Waals surface area contributed by atoms with E-state index in [0.29, 0.717) is 6.54 Å². The van der Waals surface area contributed by atoms with Gasteiger partial charge in [0.1, 0.15) is 6.54 Å². The van der Waals surface area contributed by atoms with E-state index in [0.717, 1.165) is 12.0 Å². The number of urea groups is 1. The molecule has 7 heteroatoms. The second kappa shape index (κ2) is 7.81. The molecule has 1 fully saturated rings. The van der Waals surface area contributed by atoms with Gasteiger partial charge in [-0.15, -0.1) is 0 Å². The minimum Gasteiger partial charge on any atom is -0.481 e. The summed E-state index contributed by atoms with van der Waals surface area (Å²) < 4.78 is 0. The van der Waals surface area contributed by atoms with E-state index in [1.54, 1.807) is 14.0 Å². The Bertz CT molecular complexity index is 605. The number of hydrogen-bond acceptors (Lipinski definition) is 3. The van der Waals surface area contributed by atoms with Crippen LogP contribution in [-0.4, -0.2) is 59.5 Å². The van der Waals surface area contributed by atoms with Crippen molar-refractivity contribution >= 4 is 17.9 Å². The monoisotopic (exact) mass is 333 g/mol. The lowest BCUT2D eigenvalue weighted by Crippen LogP contribution is -2.51. The van der Waals surface area contributed by atoms with Crippen molar-refractivity contribution in [1.29, 1.82) is 0 Å². The number of nitrogens with zero attached hydrogens (tertiary/aromatic N) is 2. The summed E-state index contributed by atoms with van der Waals surface area (Å²) in [5.74, 6) is -1.86. The third-order valence-electron chi connectivity index (χ3n) is 4.20. The molecule has 0 aromatic heterocycles. The number of carbonyl (C=O) groups is 3. The molecule has 1 heterocycles. The quantitative estimate of drug-likeness (QED) is 0.821. The highest BCUT2D eigenvalue weighted by Crippen LogP contribution is 2.21. The van der Waals surface area contributed by atoms with Crippen LogP contribution in [0.4, 0.5) is 4.79 Å². The number of nitrogens with one attached hydrogen (secondary N) is 1. The molecule has 0 radical (unpaired) electrons. The first-order valence-corrected chi connectivity index (χ1v) is 7.95. The summed E-state index contributed by atoms with van der Waals surface area (Å²) in [5.41, 5.74) is 1.05. The van der Waals surface area contributed by atoms with Crippen LogP contribution >= 0.6 is 0 Å². The molecule has 1 aliphatic heterocycles. The number of amides is 3. The minimum absolute atomic E-state index is 0.0455. The van der Waals surface area contributed by atoms with Gasteiger partial charge in [-0.1, -0.05) is 37.3 Å². The molecule has 2 rings (SSSR count). The fourth-order valence-corrected chi connectivity index (χ4v) is 2.66. The highest BCUT2D eigenvalue weighted by Gasteiger charge is 2.28. The highest BCUT2D eigenvalue weighted by molar-refractivity contribution is 5.85. The standard InChI is InChI=1S/C17H23N3O4/c1-12(16(22)23)10-19(2)15(21)11-20-9-8-14(18-17(20)24)13-6-4-3-5-7-13/h3-7,12,14H,8-11H2,1-2H3,(H,18,24)(H,22,23). The maximum Gasteiger partial charge on any atom is 0.318 e. The van der Waals surface area contributed by atoms with Crippen LogP contribution in [0.5, 0.6) is 0 Å². The Morgan fingerprint density at radius 2 is 2.04 bits per heavy atom. The first-order chi connectivity index (χ1) is 11.4. The first-order valence-electron chi connectivity index (χ1n) is 7.95. The third-order valence-corrected chi connectivity index (χ3v) is 4.20. The summed E-state index contributed by atoms with van der Waals surface area (Å²) >= 11 is 0. The average molecular weight is 333 g/mol. The Hall–Kier alpha value is -2.57. The van der Waals surface area contributed by atoms with Gasteiger partial charge in [0.05, 0.1) is 12.0 Å². The molecule has 1 aromatic rings. The minimum atomic E-state index is -0.948. The lowest BCUT2D eigenvalue weighted by Gasteiger charge is -2.33. The van der Waals surface area contributed by atoms with Gasteiger partial charge in [0, 0.05) is 20.1 Å².